The minimum absolute atomic E-state index is 0.0541. The minimum atomic E-state index is -0.611. The van der Waals surface area contributed by atoms with Crippen LogP contribution in [-0.4, -0.2) is 66.8 Å². The van der Waals surface area contributed by atoms with Crippen molar-refractivity contribution in [3.63, 3.8) is 0 Å². The molecule has 0 aromatic rings. The van der Waals surface area contributed by atoms with E-state index < -0.39 is 6.29 Å². The molecule has 0 aliphatic rings. The molecule has 0 radical (unpaired) electrons. The van der Waals surface area contributed by atoms with Gasteiger partial charge in [-0.15, -0.1) is 0 Å². The number of carbonyl (C=O) groups excluding carboxylic acids is 1. The Morgan fingerprint density at radius 1 is 0.472 bits per heavy atom. The van der Waals surface area contributed by atoms with Crippen molar-refractivity contribution in [3.8, 4) is 0 Å². The van der Waals surface area contributed by atoms with Crippen molar-refractivity contribution < 1.29 is 24.5 Å². The molecule has 6 heteroatoms. The highest BCUT2D eigenvalue weighted by Gasteiger charge is 2.20. The standard InChI is InChI=1S/C47H95NO5/c1-5-9-13-17-19-27-36-44(34-25-15-11-7-3)46(50)52-42-31-23-21-29-38-48(40-33-41-49)39-30-22-24-32-43-53-47(51)45(35-26-16-12-8-4)37-28-20-18-14-10-6-2/h44-46,49-50H,5-43H2,1-4H3. The lowest BCUT2D eigenvalue weighted by Crippen LogP contribution is -2.28. The van der Waals surface area contributed by atoms with Crippen molar-refractivity contribution in [1.29, 1.82) is 0 Å². The van der Waals surface area contributed by atoms with Gasteiger partial charge in [-0.2, -0.15) is 0 Å². The van der Waals surface area contributed by atoms with Crippen LogP contribution in [0.15, 0.2) is 0 Å². The minimum Gasteiger partial charge on any atom is -0.465 e. The topological polar surface area (TPSA) is 79.2 Å². The number of nitrogens with zero attached hydrogens (tertiary/aromatic N) is 1. The molecule has 6 nitrogen and oxygen atoms in total. The zero-order valence-corrected chi connectivity index (χ0v) is 36.4. The Balaban J connectivity index is 4.28. The van der Waals surface area contributed by atoms with Gasteiger partial charge in [0.15, 0.2) is 6.29 Å². The van der Waals surface area contributed by atoms with Gasteiger partial charge in [0.25, 0.3) is 0 Å². The highest BCUT2D eigenvalue weighted by atomic mass is 16.6. The number of hydrogen-bond donors (Lipinski definition) is 2. The number of rotatable bonds is 44. The summed E-state index contributed by atoms with van der Waals surface area (Å²) < 4.78 is 11.8. The van der Waals surface area contributed by atoms with Gasteiger partial charge >= 0.3 is 5.97 Å². The van der Waals surface area contributed by atoms with Crippen LogP contribution in [0.4, 0.5) is 0 Å². The summed E-state index contributed by atoms with van der Waals surface area (Å²) in [6.45, 7) is 13.6. The second kappa shape index (κ2) is 42.5. The molecule has 0 aliphatic heterocycles. The molecule has 0 aromatic carbocycles. The Bertz CT molecular complexity index is 721. The molecule has 0 bridgehead atoms. The first-order valence-electron chi connectivity index (χ1n) is 23.8. The Morgan fingerprint density at radius 3 is 1.34 bits per heavy atom. The van der Waals surface area contributed by atoms with Gasteiger partial charge < -0.3 is 24.6 Å². The average Bonchev–Trinajstić information content (AvgIpc) is 3.16. The molecule has 0 spiro atoms. The fourth-order valence-corrected chi connectivity index (χ4v) is 7.66. The molecular weight excluding hydrogens is 659 g/mol. The number of hydrogen-bond acceptors (Lipinski definition) is 6. The number of carbonyl (C=O) groups is 1. The van der Waals surface area contributed by atoms with Crippen molar-refractivity contribution in [2.75, 3.05) is 39.5 Å². The van der Waals surface area contributed by atoms with Crippen molar-refractivity contribution in [2.24, 2.45) is 11.8 Å². The molecule has 2 N–H and O–H groups in total. The quantitative estimate of drug-likeness (QED) is 0.0366. The van der Waals surface area contributed by atoms with Crippen LogP contribution >= 0.6 is 0 Å². The molecule has 0 saturated carbocycles. The second-order valence-electron chi connectivity index (χ2n) is 16.4. The summed E-state index contributed by atoms with van der Waals surface area (Å²) in [5.41, 5.74) is 0. The smallest absolute Gasteiger partial charge is 0.308 e. The van der Waals surface area contributed by atoms with Gasteiger partial charge in [0, 0.05) is 25.7 Å². The number of esters is 1. The van der Waals surface area contributed by atoms with E-state index in [1.165, 1.54) is 128 Å². The molecule has 3 atom stereocenters. The van der Waals surface area contributed by atoms with Crippen LogP contribution < -0.4 is 0 Å². The molecular formula is C47H95NO5. The first kappa shape index (κ1) is 52.3. The average molecular weight is 754 g/mol. The Hall–Kier alpha value is -0.690. The maximum absolute atomic E-state index is 12.9. The van der Waals surface area contributed by atoms with E-state index in [9.17, 15) is 15.0 Å². The maximum Gasteiger partial charge on any atom is 0.308 e. The lowest BCUT2D eigenvalue weighted by atomic mass is 9.93. The van der Waals surface area contributed by atoms with Gasteiger partial charge in [0.1, 0.15) is 0 Å². The van der Waals surface area contributed by atoms with E-state index in [1.54, 1.807) is 0 Å². The lowest BCUT2D eigenvalue weighted by Gasteiger charge is -2.23. The Morgan fingerprint density at radius 2 is 0.849 bits per heavy atom. The van der Waals surface area contributed by atoms with E-state index in [1.807, 2.05) is 0 Å². The zero-order valence-electron chi connectivity index (χ0n) is 36.4. The van der Waals surface area contributed by atoms with Crippen LogP contribution in [0.3, 0.4) is 0 Å². The summed E-state index contributed by atoms with van der Waals surface area (Å²) in [5.74, 6) is 0.429. The molecule has 0 fully saturated rings. The highest BCUT2D eigenvalue weighted by molar-refractivity contribution is 5.72. The van der Waals surface area contributed by atoms with E-state index in [2.05, 4.69) is 32.6 Å². The normalized spacial score (nSPS) is 13.5. The summed E-state index contributed by atoms with van der Waals surface area (Å²) in [6, 6.07) is 0. The van der Waals surface area contributed by atoms with Gasteiger partial charge in [0.2, 0.25) is 0 Å². The van der Waals surface area contributed by atoms with Crippen LogP contribution in [0.1, 0.15) is 240 Å². The fraction of sp³-hybridized carbons (Fsp3) is 0.979. The van der Waals surface area contributed by atoms with Crippen molar-refractivity contribution in [3.05, 3.63) is 0 Å². The summed E-state index contributed by atoms with van der Waals surface area (Å²) in [4.78, 5) is 15.5. The van der Waals surface area contributed by atoms with Gasteiger partial charge in [-0.05, 0) is 70.9 Å². The van der Waals surface area contributed by atoms with E-state index in [-0.39, 0.29) is 24.4 Å². The number of aliphatic hydroxyl groups excluding tert-OH is 2. The van der Waals surface area contributed by atoms with Gasteiger partial charge in [-0.25, -0.2) is 0 Å². The summed E-state index contributed by atoms with van der Waals surface area (Å²) in [7, 11) is 0. The summed E-state index contributed by atoms with van der Waals surface area (Å²) in [6.07, 6.45) is 38.5. The Kier molecular flexibility index (Phi) is 41.9. The van der Waals surface area contributed by atoms with Gasteiger partial charge in [-0.1, -0.05) is 182 Å². The van der Waals surface area contributed by atoms with Crippen molar-refractivity contribution in [1.82, 2.24) is 4.90 Å². The van der Waals surface area contributed by atoms with Crippen molar-refractivity contribution in [2.45, 2.75) is 246 Å². The Labute approximate surface area is 331 Å². The number of unbranched alkanes of at least 4 members (excludes halogenated alkanes) is 22. The second-order valence-corrected chi connectivity index (χ2v) is 16.4. The maximum atomic E-state index is 12.9. The first-order valence-corrected chi connectivity index (χ1v) is 23.8. The molecule has 318 valence electrons. The largest absolute Gasteiger partial charge is 0.465 e. The van der Waals surface area contributed by atoms with Crippen LogP contribution in [0.5, 0.6) is 0 Å². The number of ether oxygens (including phenoxy) is 2. The fourth-order valence-electron chi connectivity index (χ4n) is 7.66. The van der Waals surface area contributed by atoms with E-state index in [4.69, 9.17) is 9.47 Å². The molecule has 3 unspecified atom stereocenters. The molecule has 0 aliphatic carbocycles. The van der Waals surface area contributed by atoms with E-state index in [0.717, 1.165) is 103 Å². The van der Waals surface area contributed by atoms with Gasteiger partial charge in [0.05, 0.1) is 12.5 Å². The number of aliphatic hydroxyl groups is 2. The molecule has 0 saturated heterocycles. The SMILES string of the molecule is CCCCCCCCC(CCCCCC)C(=O)OCCCCCCN(CCCO)CCCCCCOC(O)C(CCCCCC)CCCCCCCC. The van der Waals surface area contributed by atoms with E-state index >= 15 is 0 Å². The predicted octanol–water partition coefficient (Wildman–Crippen LogP) is 13.3. The van der Waals surface area contributed by atoms with Crippen LogP contribution in [0.25, 0.3) is 0 Å². The summed E-state index contributed by atoms with van der Waals surface area (Å²) >= 11 is 0. The molecule has 0 rings (SSSR count). The molecule has 0 amide bonds. The van der Waals surface area contributed by atoms with Crippen LogP contribution in [-0.2, 0) is 14.3 Å². The third-order valence-corrected chi connectivity index (χ3v) is 11.3. The zero-order chi connectivity index (χ0) is 38.9. The third kappa shape index (κ3) is 35.5. The van der Waals surface area contributed by atoms with E-state index in [0.29, 0.717) is 13.2 Å². The lowest BCUT2D eigenvalue weighted by molar-refractivity contribution is -0.149. The molecule has 0 heterocycles. The predicted molar refractivity (Wildman–Crippen MR) is 228 cm³/mol. The molecule has 53 heavy (non-hydrogen) atoms. The molecule has 0 aromatic heterocycles. The van der Waals surface area contributed by atoms with Crippen molar-refractivity contribution >= 4 is 5.97 Å². The first-order chi connectivity index (χ1) is 26.0. The third-order valence-electron chi connectivity index (χ3n) is 11.3. The summed E-state index contributed by atoms with van der Waals surface area (Å²) in [5, 5.41) is 20.3. The van der Waals surface area contributed by atoms with Gasteiger partial charge in [-0.3, -0.25) is 4.79 Å². The highest BCUT2D eigenvalue weighted by Crippen LogP contribution is 2.24. The van der Waals surface area contributed by atoms with Crippen LogP contribution in [0.2, 0.25) is 0 Å². The monoisotopic (exact) mass is 754 g/mol. The van der Waals surface area contributed by atoms with Crippen LogP contribution in [0, 0.1) is 11.8 Å².